The zero-order valence-corrected chi connectivity index (χ0v) is 31.2. The van der Waals surface area contributed by atoms with Crippen LogP contribution in [-0.4, -0.2) is 139 Å². The lowest BCUT2D eigenvalue weighted by molar-refractivity contribution is -0.152. The van der Waals surface area contributed by atoms with Gasteiger partial charge in [0.15, 0.2) is 0 Å². The number of esters is 1. The van der Waals surface area contributed by atoms with Crippen LogP contribution in [0.1, 0.15) is 78.6 Å². The fourth-order valence-corrected chi connectivity index (χ4v) is 6.26. The van der Waals surface area contributed by atoms with Gasteiger partial charge in [0.1, 0.15) is 36.5 Å². The van der Waals surface area contributed by atoms with Crippen LogP contribution in [0.15, 0.2) is 12.2 Å². The summed E-state index contributed by atoms with van der Waals surface area (Å²) in [6, 6.07) is -5.14. The molecule has 3 aliphatic rings. The third kappa shape index (κ3) is 14.2. The molecule has 3 rings (SSSR count). The molecule has 2 saturated heterocycles. The summed E-state index contributed by atoms with van der Waals surface area (Å²) in [4.78, 5) is 106. The number of ether oxygens (including phenoxy) is 2. The summed E-state index contributed by atoms with van der Waals surface area (Å²) in [5, 5.41) is 20.5. The average Bonchev–Trinajstić information content (AvgIpc) is 3.84. The average molecular weight is 749 g/mol. The first-order chi connectivity index (χ1) is 25.2. The van der Waals surface area contributed by atoms with Crippen molar-refractivity contribution in [2.45, 2.75) is 109 Å². The summed E-state index contributed by atoms with van der Waals surface area (Å²) in [5.41, 5.74) is 0. The van der Waals surface area contributed by atoms with E-state index in [1.807, 2.05) is 20.8 Å². The van der Waals surface area contributed by atoms with Crippen molar-refractivity contribution < 1.29 is 52.9 Å². The van der Waals surface area contributed by atoms with Crippen LogP contribution >= 0.6 is 0 Å². The summed E-state index contributed by atoms with van der Waals surface area (Å²) >= 11 is 0. The number of aliphatic carboxylic acids is 1. The van der Waals surface area contributed by atoms with Gasteiger partial charge in [0, 0.05) is 25.6 Å². The number of carbonyl (C=O) groups excluding carboxylic acids is 7. The number of ketones is 1. The Hall–Kier alpha value is -4.38. The predicted molar refractivity (Wildman–Crippen MR) is 190 cm³/mol. The lowest BCUT2D eigenvalue weighted by Gasteiger charge is -2.38. The fourth-order valence-electron chi connectivity index (χ4n) is 6.26. The highest BCUT2D eigenvalue weighted by molar-refractivity contribution is 5.98. The lowest BCUT2D eigenvalue weighted by atomic mass is 10.0. The van der Waals surface area contributed by atoms with Crippen LogP contribution in [0.4, 0.5) is 0 Å². The SMILES string of the molecule is CCCN(CC(=O)O)C(=O)[C@H](CCC(C)C)NC(=O)[C@@H]1COCCN1C(=O)[C@H](CC1CC1)NC(=O)[C@H](CC/C=C/C(=O)OC)NC(=O)[C@@H]1CC(=O)CN1. The molecular formula is C36H56N6O11. The third-order valence-corrected chi connectivity index (χ3v) is 9.38. The molecule has 0 unspecified atom stereocenters. The quantitative estimate of drug-likeness (QED) is 0.0751. The largest absolute Gasteiger partial charge is 0.480 e. The highest BCUT2D eigenvalue weighted by Crippen LogP contribution is 2.34. The molecule has 2 heterocycles. The zero-order valence-electron chi connectivity index (χ0n) is 31.2. The Labute approximate surface area is 310 Å². The summed E-state index contributed by atoms with van der Waals surface area (Å²) in [7, 11) is 1.23. The van der Waals surface area contributed by atoms with Gasteiger partial charge in [-0.2, -0.15) is 0 Å². The van der Waals surface area contributed by atoms with E-state index in [1.165, 1.54) is 29.1 Å². The molecule has 3 fully saturated rings. The van der Waals surface area contributed by atoms with Gasteiger partial charge < -0.3 is 40.3 Å². The summed E-state index contributed by atoms with van der Waals surface area (Å²) in [6.07, 6.45) is 6.32. The number of rotatable bonds is 21. The molecule has 296 valence electrons. The molecule has 1 saturated carbocycles. The topological polar surface area (TPSA) is 230 Å². The number of nitrogens with one attached hydrogen (secondary N) is 4. The predicted octanol–water partition coefficient (Wildman–Crippen LogP) is -0.332. The van der Waals surface area contributed by atoms with Gasteiger partial charge in [-0.15, -0.1) is 0 Å². The van der Waals surface area contributed by atoms with Crippen LogP contribution in [0.25, 0.3) is 0 Å². The number of Topliss-reactive ketones (excluding diaryl/α,β-unsaturated/α-hetero) is 1. The van der Waals surface area contributed by atoms with Gasteiger partial charge in [-0.1, -0.05) is 39.7 Å². The van der Waals surface area contributed by atoms with Crippen molar-refractivity contribution in [1.82, 2.24) is 31.1 Å². The third-order valence-electron chi connectivity index (χ3n) is 9.38. The van der Waals surface area contributed by atoms with Crippen LogP contribution in [0.3, 0.4) is 0 Å². The normalized spacial score (nSPS) is 20.4. The fraction of sp³-hybridized carbons (Fsp3) is 0.722. The minimum absolute atomic E-state index is 0.0220. The number of hydrogen-bond donors (Lipinski definition) is 5. The van der Waals surface area contributed by atoms with Gasteiger partial charge in [0.05, 0.1) is 32.9 Å². The second-order valence-electron chi connectivity index (χ2n) is 14.3. The number of carbonyl (C=O) groups is 8. The first-order valence-electron chi connectivity index (χ1n) is 18.5. The standard InChI is InChI=1S/C36H56N6O11/c1-5-14-41(20-30(44)45)35(50)26(13-10-22(2)3)39-34(49)29-21-53-16-15-42(29)36(51)28(17-23-11-12-23)40-32(47)25(8-6-7-9-31(46)52-4)38-33(48)27-18-24(43)19-37-27/h7,9,22-23,25-29,37H,5-6,8,10-21H2,1-4H3,(H,38,48)(H,39,49)(H,40,47)(H,44,45)/b9-7+/t25-,26-,27-,28-,29-/m0/s1. The van der Waals surface area contributed by atoms with Crippen LogP contribution in [0, 0.1) is 11.8 Å². The molecule has 5 N–H and O–H groups in total. The van der Waals surface area contributed by atoms with Crippen molar-refractivity contribution in [3.05, 3.63) is 12.2 Å². The van der Waals surface area contributed by atoms with E-state index < -0.39 is 78.2 Å². The van der Waals surface area contributed by atoms with Crippen molar-refractivity contribution in [1.29, 1.82) is 0 Å². The Bertz CT molecular complexity index is 1370. The van der Waals surface area contributed by atoms with E-state index >= 15 is 0 Å². The Morgan fingerprint density at radius 1 is 1.02 bits per heavy atom. The van der Waals surface area contributed by atoms with E-state index in [-0.39, 0.29) is 76.2 Å². The van der Waals surface area contributed by atoms with E-state index in [2.05, 4.69) is 26.0 Å². The molecule has 0 aromatic heterocycles. The Morgan fingerprint density at radius 3 is 2.34 bits per heavy atom. The van der Waals surface area contributed by atoms with Gasteiger partial charge >= 0.3 is 11.9 Å². The number of methoxy groups -OCH3 is 1. The molecule has 53 heavy (non-hydrogen) atoms. The number of nitrogens with zero attached hydrogens (tertiary/aromatic N) is 2. The first-order valence-corrected chi connectivity index (χ1v) is 18.5. The van der Waals surface area contributed by atoms with Crippen LogP contribution in [0.2, 0.25) is 0 Å². The molecule has 0 radical (unpaired) electrons. The maximum Gasteiger partial charge on any atom is 0.330 e. The second kappa shape index (κ2) is 21.4. The summed E-state index contributed by atoms with van der Waals surface area (Å²) < 4.78 is 10.2. The number of carboxylic acid groups (broad SMARTS) is 1. The van der Waals surface area contributed by atoms with Gasteiger partial charge in [-0.25, -0.2) is 4.79 Å². The van der Waals surface area contributed by atoms with Crippen molar-refractivity contribution in [2.75, 3.05) is 46.5 Å². The lowest BCUT2D eigenvalue weighted by Crippen LogP contribution is -2.63. The maximum atomic E-state index is 14.3. The van der Waals surface area contributed by atoms with Crippen molar-refractivity contribution in [3.8, 4) is 0 Å². The molecule has 5 amide bonds. The van der Waals surface area contributed by atoms with Gasteiger partial charge in [-0.05, 0) is 50.4 Å². The molecule has 1 aliphatic carbocycles. The van der Waals surface area contributed by atoms with Gasteiger partial charge in [0.25, 0.3) is 0 Å². The van der Waals surface area contributed by atoms with E-state index in [4.69, 9.17) is 4.74 Å². The van der Waals surface area contributed by atoms with Crippen LogP contribution in [-0.2, 0) is 47.8 Å². The molecule has 0 aromatic rings. The number of hydrogen-bond acceptors (Lipinski definition) is 11. The number of amides is 5. The Morgan fingerprint density at radius 2 is 1.74 bits per heavy atom. The van der Waals surface area contributed by atoms with Crippen molar-refractivity contribution in [3.63, 3.8) is 0 Å². The number of morpholine rings is 1. The summed E-state index contributed by atoms with van der Waals surface area (Å²) in [6.45, 7) is 5.49. The number of carboxylic acids is 1. The molecule has 0 spiro atoms. The highest BCUT2D eigenvalue weighted by atomic mass is 16.5. The molecule has 5 atom stereocenters. The monoisotopic (exact) mass is 748 g/mol. The van der Waals surface area contributed by atoms with Crippen LogP contribution in [0.5, 0.6) is 0 Å². The first kappa shape index (κ1) is 43.0. The van der Waals surface area contributed by atoms with Gasteiger partial charge in [0.2, 0.25) is 29.5 Å². The van der Waals surface area contributed by atoms with E-state index in [1.54, 1.807) is 0 Å². The molecule has 0 aromatic carbocycles. The summed E-state index contributed by atoms with van der Waals surface area (Å²) in [5.74, 6) is -4.41. The van der Waals surface area contributed by atoms with Crippen molar-refractivity contribution >= 4 is 47.3 Å². The maximum absolute atomic E-state index is 14.3. The highest BCUT2D eigenvalue weighted by Gasteiger charge is 2.41. The Balaban J connectivity index is 1.80. The molecule has 17 nitrogen and oxygen atoms in total. The van der Waals surface area contributed by atoms with E-state index in [0.29, 0.717) is 19.3 Å². The van der Waals surface area contributed by atoms with Gasteiger partial charge in [-0.3, -0.25) is 38.9 Å². The minimum Gasteiger partial charge on any atom is -0.480 e. The minimum atomic E-state index is -1.17. The van der Waals surface area contributed by atoms with Crippen molar-refractivity contribution in [2.24, 2.45) is 11.8 Å². The molecule has 17 heteroatoms. The van der Waals surface area contributed by atoms with Crippen LogP contribution < -0.4 is 21.3 Å². The smallest absolute Gasteiger partial charge is 0.330 e. The molecule has 0 bridgehead atoms. The number of allylic oxidation sites excluding steroid dienone is 1. The Kier molecular flexibility index (Phi) is 17.3. The molecule has 2 aliphatic heterocycles. The second-order valence-corrected chi connectivity index (χ2v) is 14.3. The van der Waals surface area contributed by atoms with E-state index in [9.17, 15) is 43.5 Å². The van der Waals surface area contributed by atoms with E-state index in [0.717, 1.165) is 12.8 Å². The zero-order chi connectivity index (χ0) is 39.1. The molecular weight excluding hydrogens is 692 g/mol.